The number of hydrogen-bond acceptors (Lipinski definition) is 4. The quantitative estimate of drug-likeness (QED) is 0.797. The average molecular weight is 325 g/mol. The summed E-state index contributed by atoms with van der Waals surface area (Å²) in [4.78, 5) is 15.6. The van der Waals surface area contributed by atoms with Gasteiger partial charge in [0.1, 0.15) is 17.2 Å². The van der Waals surface area contributed by atoms with Crippen molar-refractivity contribution in [3.63, 3.8) is 0 Å². The molecule has 0 spiro atoms. The maximum atomic E-state index is 12.6. The minimum atomic E-state index is -0.152. The van der Waals surface area contributed by atoms with Crippen molar-refractivity contribution in [1.82, 2.24) is 4.98 Å². The molecular weight excluding hydrogens is 306 g/mol. The van der Waals surface area contributed by atoms with Crippen molar-refractivity contribution in [3.05, 3.63) is 52.3 Å². The first-order valence-corrected chi connectivity index (χ1v) is 7.52. The van der Waals surface area contributed by atoms with E-state index in [9.17, 15) is 4.79 Å². The van der Waals surface area contributed by atoms with Crippen LogP contribution in [0.4, 0.5) is 0 Å². The predicted molar refractivity (Wildman–Crippen MR) is 94.4 cm³/mol. The van der Waals surface area contributed by atoms with Gasteiger partial charge in [-0.2, -0.15) is 0 Å². The summed E-state index contributed by atoms with van der Waals surface area (Å²) >= 11 is 0. The highest BCUT2D eigenvalue weighted by Gasteiger charge is 2.16. The van der Waals surface area contributed by atoms with E-state index < -0.39 is 0 Å². The van der Waals surface area contributed by atoms with Crippen LogP contribution < -0.4 is 19.8 Å². The molecule has 1 N–H and O–H groups in total. The van der Waals surface area contributed by atoms with Gasteiger partial charge in [0.25, 0.3) is 5.56 Å². The zero-order valence-corrected chi connectivity index (χ0v) is 14.1. The lowest BCUT2D eigenvalue weighted by atomic mass is 9.98. The largest absolute Gasteiger partial charge is 0.497 e. The second-order valence-corrected chi connectivity index (χ2v) is 5.43. The smallest absolute Gasteiger partial charge is 0.256 e. The van der Waals surface area contributed by atoms with E-state index in [2.05, 4.69) is 4.98 Å². The van der Waals surface area contributed by atoms with Gasteiger partial charge in [0.15, 0.2) is 0 Å². The molecule has 3 rings (SSSR count). The average Bonchev–Trinajstić information content (AvgIpc) is 2.61. The highest BCUT2D eigenvalue weighted by Crippen LogP contribution is 2.35. The molecule has 1 aromatic heterocycles. The lowest BCUT2D eigenvalue weighted by molar-refractivity contribution is 0.397. The third kappa shape index (κ3) is 2.58. The maximum absolute atomic E-state index is 12.6. The Morgan fingerprint density at radius 1 is 0.875 bits per heavy atom. The van der Waals surface area contributed by atoms with E-state index >= 15 is 0 Å². The number of nitrogens with one attached hydrogen (secondary N) is 1. The Balaban J connectivity index is 2.31. The van der Waals surface area contributed by atoms with Gasteiger partial charge in [-0.3, -0.25) is 4.79 Å². The number of H-pyrrole nitrogens is 1. The number of benzene rings is 2. The normalized spacial score (nSPS) is 10.7. The van der Waals surface area contributed by atoms with Crippen molar-refractivity contribution >= 4 is 10.9 Å². The molecule has 0 unspecified atom stereocenters. The first-order valence-electron chi connectivity index (χ1n) is 7.52. The van der Waals surface area contributed by atoms with Gasteiger partial charge in [0.2, 0.25) is 0 Å². The Morgan fingerprint density at radius 2 is 1.54 bits per heavy atom. The molecule has 0 aliphatic carbocycles. The minimum absolute atomic E-state index is 0.152. The van der Waals surface area contributed by atoms with Gasteiger partial charge in [-0.15, -0.1) is 0 Å². The number of fused-ring (bicyclic) bond motifs is 1. The van der Waals surface area contributed by atoms with Gasteiger partial charge in [-0.05, 0) is 30.2 Å². The van der Waals surface area contributed by atoms with Crippen LogP contribution in [0, 0.1) is 6.92 Å². The first-order chi connectivity index (χ1) is 11.6. The fourth-order valence-corrected chi connectivity index (χ4v) is 2.94. The van der Waals surface area contributed by atoms with E-state index in [1.165, 1.54) is 0 Å². The van der Waals surface area contributed by atoms with Crippen molar-refractivity contribution in [2.45, 2.75) is 6.92 Å². The van der Waals surface area contributed by atoms with Crippen LogP contribution in [0.1, 0.15) is 5.56 Å². The molecule has 0 fully saturated rings. The zero-order valence-electron chi connectivity index (χ0n) is 14.1. The van der Waals surface area contributed by atoms with Crippen molar-refractivity contribution in [2.24, 2.45) is 0 Å². The van der Waals surface area contributed by atoms with Crippen LogP contribution in [0.2, 0.25) is 0 Å². The van der Waals surface area contributed by atoms with E-state index in [4.69, 9.17) is 14.2 Å². The van der Waals surface area contributed by atoms with Crippen molar-refractivity contribution in [1.29, 1.82) is 0 Å². The molecular formula is C19H19NO4. The van der Waals surface area contributed by atoms with Crippen LogP contribution in [0.25, 0.3) is 22.0 Å². The Morgan fingerprint density at radius 3 is 2.12 bits per heavy atom. The number of methoxy groups -OCH3 is 3. The Bertz CT molecular complexity index is 942. The monoisotopic (exact) mass is 325 g/mol. The molecule has 0 aliphatic heterocycles. The molecule has 1 heterocycles. The second kappa shape index (κ2) is 6.28. The molecule has 24 heavy (non-hydrogen) atoms. The van der Waals surface area contributed by atoms with E-state index in [0.29, 0.717) is 22.6 Å². The fraction of sp³-hybridized carbons (Fsp3) is 0.211. The molecule has 0 bridgehead atoms. The van der Waals surface area contributed by atoms with Crippen LogP contribution in [0.3, 0.4) is 0 Å². The Hall–Kier alpha value is -2.95. The van der Waals surface area contributed by atoms with E-state index in [-0.39, 0.29) is 5.56 Å². The predicted octanol–water partition coefficient (Wildman–Crippen LogP) is 3.53. The first kappa shape index (κ1) is 15.9. The van der Waals surface area contributed by atoms with Crippen molar-refractivity contribution in [2.75, 3.05) is 21.3 Å². The van der Waals surface area contributed by atoms with Crippen LogP contribution in [-0.2, 0) is 0 Å². The number of aryl methyl sites for hydroxylation is 1. The van der Waals surface area contributed by atoms with Crippen LogP contribution in [-0.4, -0.2) is 26.3 Å². The number of pyridine rings is 1. The summed E-state index contributed by atoms with van der Waals surface area (Å²) in [5.41, 5.74) is 2.84. The lowest BCUT2D eigenvalue weighted by Crippen LogP contribution is -2.12. The number of aromatic amines is 1. The summed E-state index contributed by atoms with van der Waals surface area (Å²) in [5.74, 6) is 2.04. The van der Waals surface area contributed by atoms with Gasteiger partial charge in [0.05, 0.1) is 32.4 Å². The van der Waals surface area contributed by atoms with Gasteiger partial charge < -0.3 is 19.2 Å². The molecule has 0 atom stereocenters. The summed E-state index contributed by atoms with van der Waals surface area (Å²) in [6, 6.07) is 11.0. The molecule has 124 valence electrons. The molecule has 0 amide bonds. The highest BCUT2D eigenvalue weighted by molar-refractivity contribution is 5.94. The lowest BCUT2D eigenvalue weighted by Gasteiger charge is -2.14. The number of rotatable bonds is 4. The maximum Gasteiger partial charge on any atom is 0.256 e. The summed E-state index contributed by atoms with van der Waals surface area (Å²) in [7, 11) is 4.80. The SMILES string of the molecule is COc1ccc(-c2c(C)c3c(OC)cc(OC)cc3[nH]c2=O)cc1. The molecule has 0 aliphatic rings. The second-order valence-electron chi connectivity index (χ2n) is 5.43. The zero-order chi connectivity index (χ0) is 17.3. The molecule has 3 aromatic rings. The summed E-state index contributed by atoms with van der Waals surface area (Å²) in [6.45, 7) is 1.92. The van der Waals surface area contributed by atoms with Gasteiger partial charge in [0, 0.05) is 17.5 Å². The van der Waals surface area contributed by atoms with Gasteiger partial charge in [-0.25, -0.2) is 0 Å². The fourth-order valence-electron chi connectivity index (χ4n) is 2.94. The molecule has 5 heteroatoms. The van der Waals surface area contributed by atoms with Crippen LogP contribution >= 0.6 is 0 Å². The van der Waals surface area contributed by atoms with Crippen molar-refractivity contribution < 1.29 is 14.2 Å². The standard InChI is InChI=1S/C19H19NO4/c1-11-17(12-5-7-13(22-2)8-6-12)19(21)20-15-9-14(23-3)10-16(24-4)18(11)15/h5-10H,1-4H3,(H,20,21). The van der Waals surface area contributed by atoms with E-state index in [1.54, 1.807) is 27.4 Å². The van der Waals surface area contributed by atoms with E-state index in [0.717, 1.165) is 22.3 Å². The number of ether oxygens (including phenoxy) is 3. The Kier molecular flexibility index (Phi) is 4.16. The van der Waals surface area contributed by atoms with Crippen LogP contribution in [0.15, 0.2) is 41.2 Å². The molecule has 5 nitrogen and oxygen atoms in total. The van der Waals surface area contributed by atoms with Gasteiger partial charge in [-0.1, -0.05) is 12.1 Å². The molecule has 0 radical (unpaired) electrons. The topological polar surface area (TPSA) is 60.6 Å². The van der Waals surface area contributed by atoms with E-state index in [1.807, 2.05) is 37.3 Å². The minimum Gasteiger partial charge on any atom is -0.497 e. The third-order valence-electron chi connectivity index (χ3n) is 4.14. The Labute approximate surface area is 139 Å². The number of aromatic nitrogens is 1. The summed E-state index contributed by atoms with van der Waals surface area (Å²) < 4.78 is 15.9. The highest BCUT2D eigenvalue weighted by atomic mass is 16.5. The molecule has 0 saturated carbocycles. The summed E-state index contributed by atoms with van der Waals surface area (Å²) in [5, 5.41) is 0.865. The summed E-state index contributed by atoms with van der Waals surface area (Å²) in [6.07, 6.45) is 0. The number of hydrogen-bond donors (Lipinski definition) is 1. The third-order valence-corrected chi connectivity index (χ3v) is 4.14. The van der Waals surface area contributed by atoms with Crippen molar-refractivity contribution in [3.8, 4) is 28.4 Å². The van der Waals surface area contributed by atoms with Crippen LogP contribution in [0.5, 0.6) is 17.2 Å². The molecule has 2 aromatic carbocycles. The van der Waals surface area contributed by atoms with Gasteiger partial charge >= 0.3 is 0 Å². The molecule has 0 saturated heterocycles.